The van der Waals surface area contributed by atoms with E-state index in [1.54, 1.807) is 7.11 Å². The molecule has 0 radical (unpaired) electrons. The van der Waals surface area contributed by atoms with Crippen molar-refractivity contribution >= 4 is 5.82 Å². The molecule has 0 spiro atoms. The molecule has 18 heavy (non-hydrogen) atoms. The average Bonchev–Trinajstić information content (AvgIpc) is 2.39. The molecule has 0 bridgehead atoms. The van der Waals surface area contributed by atoms with Crippen LogP contribution in [0.5, 0.6) is 0 Å². The van der Waals surface area contributed by atoms with Crippen molar-refractivity contribution in [2.45, 2.75) is 25.8 Å². The Bertz CT molecular complexity index is 379. The van der Waals surface area contributed by atoms with Crippen molar-refractivity contribution in [2.75, 3.05) is 31.7 Å². The second-order valence-corrected chi connectivity index (χ2v) is 5.11. The fourth-order valence-electron chi connectivity index (χ4n) is 2.66. The van der Waals surface area contributed by atoms with Crippen LogP contribution in [0.1, 0.15) is 31.4 Å². The topological polar surface area (TPSA) is 51.4 Å². The van der Waals surface area contributed by atoms with Gasteiger partial charge in [-0.3, -0.25) is 0 Å². The number of methoxy groups -OCH3 is 1. The number of nitrogens with two attached hydrogens (primary N) is 1. The summed E-state index contributed by atoms with van der Waals surface area (Å²) in [4.78, 5) is 6.88. The molecule has 4 nitrogen and oxygen atoms in total. The van der Waals surface area contributed by atoms with Crippen LogP contribution < -0.4 is 10.6 Å². The van der Waals surface area contributed by atoms with E-state index in [0.29, 0.717) is 5.92 Å². The molecule has 2 N–H and O–H groups in total. The molecule has 2 atom stereocenters. The van der Waals surface area contributed by atoms with Gasteiger partial charge in [0.15, 0.2) is 0 Å². The van der Waals surface area contributed by atoms with Gasteiger partial charge in [0.2, 0.25) is 0 Å². The monoisotopic (exact) mass is 249 g/mol. The van der Waals surface area contributed by atoms with Gasteiger partial charge in [-0.15, -0.1) is 0 Å². The Morgan fingerprint density at radius 3 is 3.17 bits per heavy atom. The Balaban J connectivity index is 2.15. The molecule has 1 unspecified atom stereocenters. The zero-order chi connectivity index (χ0) is 13.0. The maximum absolute atomic E-state index is 6.02. The summed E-state index contributed by atoms with van der Waals surface area (Å²) in [5.74, 6) is 1.65. The zero-order valence-corrected chi connectivity index (χ0v) is 11.3. The lowest BCUT2D eigenvalue weighted by atomic mass is 9.98. The molecule has 2 rings (SSSR count). The first-order chi connectivity index (χ1) is 8.72. The highest BCUT2D eigenvalue weighted by molar-refractivity contribution is 5.48. The predicted molar refractivity (Wildman–Crippen MR) is 73.7 cm³/mol. The molecule has 0 saturated carbocycles. The number of piperidine rings is 1. The number of aromatic nitrogens is 1. The number of ether oxygens (including phenoxy) is 1. The number of anilines is 1. The molecule has 1 saturated heterocycles. The van der Waals surface area contributed by atoms with Crippen molar-refractivity contribution in [2.24, 2.45) is 11.7 Å². The summed E-state index contributed by atoms with van der Waals surface area (Å²) >= 11 is 0. The standard InChI is InChI=1S/C14H23N3O/c1-11(15)13-6-3-7-16-14(13)17-8-4-5-12(9-17)10-18-2/h3,6-7,11-12H,4-5,8-10,15H2,1-2H3/t11-,12?/m1/s1. The normalized spacial score (nSPS) is 21.9. The van der Waals surface area contributed by atoms with Crippen LogP contribution in [-0.2, 0) is 4.74 Å². The molecule has 2 heterocycles. The fraction of sp³-hybridized carbons (Fsp3) is 0.643. The first kappa shape index (κ1) is 13.3. The second kappa shape index (κ2) is 6.16. The highest BCUT2D eigenvalue weighted by Crippen LogP contribution is 2.27. The molecule has 1 aromatic heterocycles. The van der Waals surface area contributed by atoms with Gasteiger partial charge < -0.3 is 15.4 Å². The van der Waals surface area contributed by atoms with Crippen LogP contribution in [0.3, 0.4) is 0 Å². The summed E-state index contributed by atoms with van der Waals surface area (Å²) in [6, 6.07) is 4.06. The number of pyridine rings is 1. The molecule has 4 heteroatoms. The van der Waals surface area contributed by atoms with Crippen LogP contribution in [0.25, 0.3) is 0 Å². The number of hydrogen-bond donors (Lipinski definition) is 1. The van der Waals surface area contributed by atoms with Gasteiger partial charge in [-0.25, -0.2) is 4.98 Å². The molecule has 0 aliphatic carbocycles. The molecule has 0 amide bonds. The molecular weight excluding hydrogens is 226 g/mol. The van der Waals surface area contributed by atoms with Crippen molar-refractivity contribution in [3.8, 4) is 0 Å². The van der Waals surface area contributed by atoms with Crippen LogP contribution in [0.4, 0.5) is 5.82 Å². The van der Waals surface area contributed by atoms with Gasteiger partial charge in [0.25, 0.3) is 0 Å². The lowest BCUT2D eigenvalue weighted by Gasteiger charge is -2.34. The Morgan fingerprint density at radius 1 is 1.61 bits per heavy atom. The van der Waals surface area contributed by atoms with Gasteiger partial charge in [-0.1, -0.05) is 6.07 Å². The Labute approximate surface area is 109 Å². The van der Waals surface area contributed by atoms with Crippen LogP contribution in [0, 0.1) is 5.92 Å². The highest BCUT2D eigenvalue weighted by Gasteiger charge is 2.23. The molecule has 1 fully saturated rings. The van der Waals surface area contributed by atoms with Crippen LogP contribution in [0.2, 0.25) is 0 Å². The predicted octanol–water partition coefficient (Wildman–Crippen LogP) is 1.96. The van der Waals surface area contributed by atoms with E-state index in [2.05, 4.69) is 16.0 Å². The van der Waals surface area contributed by atoms with E-state index in [4.69, 9.17) is 10.5 Å². The third-order valence-electron chi connectivity index (χ3n) is 3.53. The van der Waals surface area contributed by atoms with E-state index < -0.39 is 0 Å². The summed E-state index contributed by atoms with van der Waals surface area (Å²) in [5.41, 5.74) is 7.16. The lowest BCUT2D eigenvalue weighted by molar-refractivity contribution is 0.143. The van der Waals surface area contributed by atoms with E-state index in [1.807, 2.05) is 19.2 Å². The van der Waals surface area contributed by atoms with Gasteiger partial charge in [0.05, 0.1) is 6.61 Å². The van der Waals surface area contributed by atoms with Crippen LogP contribution in [0.15, 0.2) is 18.3 Å². The summed E-state index contributed by atoms with van der Waals surface area (Å²) < 4.78 is 5.27. The molecule has 100 valence electrons. The summed E-state index contributed by atoms with van der Waals surface area (Å²) in [6.07, 6.45) is 4.29. The van der Waals surface area contributed by atoms with E-state index in [-0.39, 0.29) is 6.04 Å². The second-order valence-electron chi connectivity index (χ2n) is 5.11. The molecular formula is C14H23N3O. The van der Waals surface area contributed by atoms with Crippen molar-refractivity contribution in [3.63, 3.8) is 0 Å². The van der Waals surface area contributed by atoms with Crippen molar-refractivity contribution in [3.05, 3.63) is 23.9 Å². The number of nitrogens with zero attached hydrogens (tertiary/aromatic N) is 2. The van der Waals surface area contributed by atoms with E-state index in [9.17, 15) is 0 Å². The van der Waals surface area contributed by atoms with Gasteiger partial charge in [0, 0.05) is 38.0 Å². The largest absolute Gasteiger partial charge is 0.384 e. The smallest absolute Gasteiger partial charge is 0.133 e. The zero-order valence-electron chi connectivity index (χ0n) is 11.3. The summed E-state index contributed by atoms with van der Waals surface area (Å²) in [7, 11) is 1.77. The third-order valence-corrected chi connectivity index (χ3v) is 3.53. The van der Waals surface area contributed by atoms with E-state index >= 15 is 0 Å². The molecule has 1 aliphatic rings. The van der Waals surface area contributed by atoms with Gasteiger partial charge in [-0.05, 0) is 31.7 Å². The molecule has 0 aromatic carbocycles. The highest BCUT2D eigenvalue weighted by atomic mass is 16.5. The minimum absolute atomic E-state index is 0.0245. The summed E-state index contributed by atoms with van der Waals surface area (Å²) in [5, 5.41) is 0. The van der Waals surface area contributed by atoms with Crippen LogP contribution >= 0.6 is 0 Å². The van der Waals surface area contributed by atoms with Gasteiger partial charge >= 0.3 is 0 Å². The number of rotatable bonds is 4. The first-order valence-electron chi connectivity index (χ1n) is 6.66. The Hall–Kier alpha value is -1.13. The third kappa shape index (κ3) is 3.00. The average molecular weight is 249 g/mol. The molecule has 1 aromatic rings. The van der Waals surface area contributed by atoms with Gasteiger partial charge in [0.1, 0.15) is 5.82 Å². The van der Waals surface area contributed by atoms with Crippen molar-refractivity contribution in [1.29, 1.82) is 0 Å². The first-order valence-corrected chi connectivity index (χ1v) is 6.66. The summed E-state index contributed by atoms with van der Waals surface area (Å²) in [6.45, 7) is 4.93. The Morgan fingerprint density at radius 2 is 2.44 bits per heavy atom. The Kier molecular flexibility index (Phi) is 4.55. The SMILES string of the molecule is COCC1CCCN(c2ncccc2[C@@H](C)N)C1. The quantitative estimate of drug-likeness (QED) is 0.886. The minimum Gasteiger partial charge on any atom is -0.384 e. The van der Waals surface area contributed by atoms with E-state index in [0.717, 1.165) is 31.1 Å². The number of hydrogen-bond acceptors (Lipinski definition) is 4. The van der Waals surface area contributed by atoms with Crippen molar-refractivity contribution < 1.29 is 4.74 Å². The van der Waals surface area contributed by atoms with Crippen LogP contribution in [-0.4, -0.2) is 31.8 Å². The van der Waals surface area contributed by atoms with Crippen molar-refractivity contribution in [1.82, 2.24) is 4.98 Å². The fourth-order valence-corrected chi connectivity index (χ4v) is 2.66. The maximum Gasteiger partial charge on any atom is 0.133 e. The van der Waals surface area contributed by atoms with E-state index in [1.165, 1.54) is 12.8 Å². The lowest BCUT2D eigenvalue weighted by Crippen LogP contribution is -2.38. The van der Waals surface area contributed by atoms with Gasteiger partial charge in [-0.2, -0.15) is 0 Å². The minimum atomic E-state index is 0.0245. The molecule has 1 aliphatic heterocycles. The maximum atomic E-state index is 6.02.